The molecule has 4 nitrogen and oxygen atoms in total. The summed E-state index contributed by atoms with van der Waals surface area (Å²) in [5.74, 6) is 0.181. The van der Waals surface area contributed by atoms with Gasteiger partial charge in [0.25, 0.3) is 0 Å². The predicted molar refractivity (Wildman–Crippen MR) is 81.8 cm³/mol. The Hall–Kier alpha value is -0.620. The summed E-state index contributed by atoms with van der Waals surface area (Å²) >= 11 is 8.26. The summed E-state index contributed by atoms with van der Waals surface area (Å²) < 4.78 is -0.555. The number of rotatable bonds is 2. The van der Waals surface area contributed by atoms with E-state index in [1.54, 1.807) is 23.9 Å². The fraction of sp³-hybridized carbons (Fsp3) is 0.571. The molecule has 0 bridgehead atoms. The second-order valence-corrected chi connectivity index (χ2v) is 8.41. The van der Waals surface area contributed by atoms with Crippen LogP contribution in [0.15, 0.2) is 18.2 Å². The van der Waals surface area contributed by atoms with Gasteiger partial charge in [-0.3, -0.25) is 10.6 Å². The molecule has 1 aliphatic rings. The fourth-order valence-electron chi connectivity index (χ4n) is 3.35. The number of hydrogen-bond donors (Lipinski definition) is 4. The van der Waals surface area contributed by atoms with Crippen LogP contribution >= 0.6 is 23.4 Å². The van der Waals surface area contributed by atoms with Crippen molar-refractivity contribution in [2.75, 3.05) is 6.26 Å². The van der Waals surface area contributed by atoms with E-state index in [9.17, 15) is 10.2 Å². The van der Waals surface area contributed by atoms with E-state index in [-0.39, 0.29) is 22.6 Å². The van der Waals surface area contributed by atoms with Gasteiger partial charge in [-0.1, -0.05) is 0 Å². The summed E-state index contributed by atoms with van der Waals surface area (Å²) in [6, 6.07) is 4.77. The Balaban J connectivity index is 2.46. The molecule has 112 valence electrons. The smallest absolute Gasteiger partial charge is 0.349 e. The Morgan fingerprint density at radius 1 is 1.20 bits per heavy atom. The van der Waals surface area contributed by atoms with E-state index in [4.69, 9.17) is 11.6 Å². The Morgan fingerprint density at radius 3 is 2.40 bits per heavy atom. The molecule has 1 aromatic rings. The summed E-state index contributed by atoms with van der Waals surface area (Å²) in [4.78, 5) is 0. The number of thioether (sulfide) groups is 1. The number of nitrogens with two attached hydrogens (primary N) is 2. The average Bonchev–Trinajstić information content (AvgIpc) is 2.25. The van der Waals surface area contributed by atoms with Crippen molar-refractivity contribution in [2.45, 2.75) is 42.7 Å². The molecule has 2 rings (SSSR count). The molecule has 1 aliphatic heterocycles. The van der Waals surface area contributed by atoms with Crippen molar-refractivity contribution in [3.05, 3.63) is 23.8 Å². The predicted octanol–water partition coefficient (Wildman–Crippen LogP) is 0.835. The number of phenolic OH excluding ortho intramolecular Hbond substituents is 2. The van der Waals surface area contributed by atoms with Crippen LogP contribution in [0.25, 0.3) is 0 Å². The Morgan fingerprint density at radius 2 is 1.85 bits per heavy atom. The van der Waals surface area contributed by atoms with Gasteiger partial charge in [-0.05, 0) is 50.9 Å². The first kappa shape index (κ1) is 15.8. The minimum absolute atomic E-state index is 0.0431. The molecule has 2 atom stereocenters. The molecular weight excluding hydrogens is 296 g/mol. The topological polar surface area (TPSA) is 73.7 Å². The van der Waals surface area contributed by atoms with E-state index < -0.39 is 4.45 Å². The first-order valence-corrected chi connectivity index (χ1v) is 8.20. The highest BCUT2D eigenvalue weighted by molar-refractivity contribution is 8.00. The molecule has 6 heteroatoms. The molecule has 0 unspecified atom stereocenters. The third-order valence-electron chi connectivity index (χ3n) is 3.84. The molecule has 1 aromatic carbocycles. The van der Waals surface area contributed by atoms with Gasteiger partial charge in [0.15, 0.2) is 0 Å². The maximum Gasteiger partial charge on any atom is 0.349 e. The van der Waals surface area contributed by atoms with Crippen molar-refractivity contribution in [3.63, 3.8) is 0 Å². The van der Waals surface area contributed by atoms with Gasteiger partial charge >= 0.3 is 4.45 Å². The zero-order valence-electron chi connectivity index (χ0n) is 12.3. The van der Waals surface area contributed by atoms with Crippen molar-refractivity contribution >= 4 is 23.4 Å². The van der Waals surface area contributed by atoms with Crippen LogP contribution in [0.3, 0.4) is 0 Å². The van der Waals surface area contributed by atoms with Gasteiger partial charge in [0.05, 0.1) is 12.0 Å². The van der Waals surface area contributed by atoms with E-state index in [2.05, 4.69) is 31.4 Å². The monoisotopic (exact) mass is 318 g/mol. The van der Waals surface area contributed by atoms with Crippen LogP contribution in [0, 0.1) is 0 Å². The maximum atomic E-state index is 10.2. The summed E-state index contributed by atoms with van der Waals surface area (Å²) in [7, 11) is 0. The van der Waals surface area contributed by atoms with E-state index in [1.165, 1.54) is 6.07 Å². The number of aromatic hydroxyl groups is 2. The normalized spacial score (nSPS) is 33.0. The molecule has 0 radical (unpaired) electrons. The van der Waals surface area contributed by atoms with Crippen LogP contribution in [0.4, 0.5) is 0 Å². The Bertz CT molecular complexity index is 526. The van der Waals surface area contributed by atoms with E-state index in [0.717, 1.165) is 12.0 Å². The second-order valence-electron chi connectivity index (χ2n) is 6.47. The first-order chi connectivity index (χ1) is 9.09. The molecule has 1 heterocycles. The highest BCUT2D eigenvalue weighted by Crippen LogP contribution is 2.36. The fourth-order valence-corrected chi connectivity index (χ4v) is 4.70. The summed E-state index contributed by atoms with van der Waals surface area (Å²) in [5.41, 5.74) is 0.412. The zero-order valence-corrected chi connectivity index (χ0v) is 13.8. The Labute approximate surface area is 128 Å². The molecule has 0 aromatic heterocycles. The summed E-state index contributed by atoms with van der Waals surface area (Å²) in [6.45, 7) is 6.40. The average molecular weight is 319 g/mol. The van der Waals surface area contributed by atoms with Gasteiger partial charge in [0, 0.05) is 17.7 Å². The van der Waals surface area contributed by atoms with Gasteiger partial charge in [-0.25, -0.2) is 0 Å². The molecule has 6 N–H and O–H groups in total. The van der Waals surface area contributed by atoms with Crippen LogP contribution in [0.5, 0.6) is 11.5 Å². The zero-order chi connectivity index (χ0) is 15.2. The van der Waals surface area contributed by atoms with Crippen LogP contribution in [-0.2, 0) is 5.54 Å². The van der Waals surface area contributed by atoms with Crippen molar-refractivity contribution in [1.82, 2.24) is 0 Å². The quantitative estimate of drug-likeness (QED) is 0.482. The number of hydrogen-bond acceptors (Lipinski definition) is 3. The standard InChI is InChI=1S/C14H21ClN2O2S/c1-12(2)8-13(3,17-14(15,16-12)20-4)10-6-5-9(18)7-11(10)19/h5-7,16-19H,8H2,1-4H3/p+2/t13-,14+/m0/s1. The van der Waals surface area contributed by atoms with Crippen LogP contribution in [-0.4, -0.2) is 26.5 Å². The molecule has 0 saturated carbocycles. The van der Waals surface area contributed by atoms with Crippen molar-refractivity contribution in [1.29, 1.82) is 0 Å². The lowest BCUT2D eigenvalue weighted by molar-refractivity contribution is -0.978. The van der Waals surface area contributed by atoms with Crippen LogP contribution in [0.1, 0.15) is 32.8 Å². The third kappa shape index (κ3) is 3.01. The van der Waals surface area contributed by atoms with Crippen molar-refractivity contribution in [3.8, 4) is 11.5 Å². The number of quaternary nitrogens is 2. The van der Waals surface area contributed by atoms with Gasteiger partial charge in [-0.2, -0.15) is 0 Å². The Kier molecular flexibility index (Phi) is 3.93. The molecule has 20 heavy (non-hydrogen) atoms. The summed E-state index contributed by atoms with van der Waals surface area (Å²) in [5, 5.41) is 23.9. The second kappa shape index (κ2) is 4.98. The van der Waals surface area contributed by atoms with E-state index in [0.29, 0.717) is 0 Å². The highest BCUT2D eigenvalue weighted by atomic mass is 35.5. The minimum Gasteiger partial charge on any atom is -0.508 e. The minimum atomic E-state index is -0.555. The SMILES string of the molecule is CS[C@]1(Cl)[NH2+]C(C)(C)C[C@@](C)(c2ccc(O)cc2O)[NH2+]1. The lowest BCUT2D eigenvalue weighted by atomic mass is 9.78. The number of alkyl halides is 1. The van der Waals surface area contributed by atoms with Crippen molar-refractivity contribution < 1.29 is 20.8 Å². The lowest BCUT2D eigenvalue weighted by Crippen LogP contribution is -3.26. The lowest BCUT2D eigenvalue weighted by Gasteiger charge is -2.45. The van der Waals surface area contributed by atoms with Gasteiger partial charge < -0.3 is 10.2 Å². The van der Waals surface area contributed by atoms with Gasteiger partial charge in [0.1, 0.15) is 22.6 Å². The number of phenols is 2. The molecular formula is C14H23ClN2O2S+2. The number of benzene rings is 1. The highest BCUT2D eigenvalue weighted by Gasteiger charge is 2.56. The molecule has 0 spiro atoms. The molecule has 1 fully saturated rings. The van der Waals surface area contributed by atoms with E-state index >= 15 is 0 Å². The van der Waals surface area contributed by atoms with Gasteiger partial charge in [0.2, 0.25) is 0 Å². The first-order valence-electron chi connectivity index (χ1n) is 6.60. The number of halogens is 1. The molecule has 0 aliphatic carbocycles. The van der Waals surface area contributed by atoms with E-state index in [1.807, 2.05) is 6.26 Å². The van der Waals surface area contributed by atoms with Crippen molar-refractivity contribution in [2.24, 2.45) is 0 Å². The third-order valence-corrected chi connectivity index (χ3v) is 5.38. The molecule has 0 amide bonds. The van der Waals surface area contributed by atoms with Crippen LogP contribution in [0.2, 0.25) is 0 Å². The molecule has 1 saturated heterocycles. The van der Waals surface area contributed by atoms with Crippen LogP contribution < -0.4 is 10.6 Å². The largest absolute Gasteiger partial charge is 0.508 e. The maximum absolute atomic E-state index is 10.2. The summed E-state index contributed by atoms with van der Waals surface area (Å²) in [6.07, 6.45) is 2.84. The van der Waals surface area contributed by atoms with Gasteiger partial charge in [-0.15, -0.1) is 0 Å².